The number of H-pyrrole nitrogens is 1. The van der Waals surface area contributed by atoms with E-state index in [0.29, 0.717) is 5.89 Å². The SMILES string of the molecule is CCc1noc(C(C)Sc2ncc(-c3ccccc3)[nH]2)n1. The second kappa shape index (κ2) is 6.13. The average molecular weight is 300 g/mol. The fraction of sp³-hybridized carbons (Fsp3) is 0.267. The van der Waals surface area contributed by atoms with Gasteiger partial charge in [-0.3, -0.25) is 0 Å². The summed E-state index contributed by atoms with van der Waals surface area (Å²) >= 11 is 1.57. The average Bonchev–Trinajstić information content (AvgIpc) is 3.17. The first-order chi connectivity index (χ1) is 10.3. The number of thioether (sulfide) groups is 1. The van der Waals surface area contributed by atoms with Gasteiger partial charge in [0.2, 0.25) is 5.89 Å². The molecule has 0 fully saturated rings. The highest BCUT2D eigenvalue weighted by Crippen LogP contribution is 2.33. The highest BCUT2D eigenvalue weighted by Gasteiger charge is 2.16. The lowest BCUT2D eigenvalue weighted by Crippen LogP contribution is -1.90. The van der Waals surface area contributed by atoms with Gasteiger partial charge in [0, 0.05) is 6.42 Å². The molecule has 0 saturated heterocycles. The molecule has 0 aliphatic heterocycles. The summed E-state index contributed by atoms with van der Waals surface area (Å²) in [5.74, 6) is 1.37. The number of rotatable bonds is 5. The van der Waals surface area contributed by atoms with Gasteiger partial charge in [0.1, 0.15) is 0 Å². The van der Waals surface area contributed by atoms with Crippen LogP contribution in [0, 0.1) is 0 Å². The third-order valence-electron chi connectivity index (χ3n) is 3.07. The quantitative estimate of drug-likeness (QED) is 0.724. The van der Waals surface area contributed by atoms with E-state index in [4.69, 9.17) is 4.52 Å². The Morgan fingerprint density at radius 3 is 2.81 bits per heavy atom. The third kappa shape index (κ3) is 3.16. The summed E-state index contributed by atoms with van der Waals surface area (Å²) in [6, 6.07) is 10.1. The first-order valence-electron chi connectivity index (χ1n) is 6.86. The number of aromatic nitrogens is 4. The standard InChI is InChI=1S/C15H16N4OS/c1-3-13-18-14(20-19-13)10(2)21-15-16-9-12(17-15)11-7-5-4-6-8-11/h4-10H,3H2,1-2H3,(H,16,17). The van der Waals surface area contributed by atoms with Crippen molar-refractivity contribution in [3.8, 4) is 11.3 Å². The summed E-state index contributed by atoms with van der Waals surface area (Å²) < 4.78 is 5.26. The number of aromatic amines is 1. The summed E-state index contributed by atoms with van der Waals surface area (Å²) in [6.07, 6.45) is 2.62. The van der Waals surface area contributed by atoms with E-state index in [1.54, 1.807) is 11.8 Å². The van der Waals surface area contributed by atoms with E-state index >= 15 is 0 Å². The maximum Gasteiger partial charge on any atom is 0.239 e. The summed E-state index contributed by atoms with van der Waals surface area (Å²) in [5, 5.41) is 4.83. The zero-order valence-electron chi connectivity index (χ0n) is 11.9. The minimum atomic E-state index is 0.0626. The molecule has 21 heavy (non-hydrogen) atoms. The molecule has 3 aromatic rings. The Morgan fingerprint density at radius 1 is 1.29 bits per heavy atom. The van der Waals surface area contributed by atoms with Crippen molar-refractivity contribution in [2.24, 2.45) is 0 Å². The van der Waals surface area contributed by atoms with Crippen LogP contribution in [0.5, 0.6) is 0 Å². The second-order valence-electron chi connectivity index (χ2n) is 4.63. The highest BCUT2D eigenvalue weighted by atomic mass is 32.2. The molecule has 0 aliphatic carbocycles. The fourth-order valence-electron chi connectivity index (χ4n) is 1.92. The molecular weight excluding hydrogens is 284 g/mol. The van der Waals surface area contributed by atoms with Crippen LogP contribution in [0.3, 0.4) is 0 Å². The van der Waals surface area contributed by atoms with E-state index in [-0.39, 0.29) is 5.25 Å². The van der Waals surface area contributed by atoms with E-state index in [1.165, 1.54) is 0 Å². The van der Waals surface area contributed by atoms with Crippen LogP contribution in [0.25, 0.3) is 11.3 Å². The largest absolute Gasteiger partial charge is 0.338 e. The number of nitrogens with zero attached hydrogens (tertiary/aromatic N) is 3. The molecule has 1 unspecified atom stereocenters. The highest BCUT2D eigenvalue weighted by molar-refractivity contribution is 7.99. The van der Waals surface area contributed by atoms with Crippen molar-refractivity contribution < 1.29 is 4.52 Å². The minimum absolute atomic E-state index is 0.0626. The maximum atomic E-state index is 5.26. The van der Waals surface area contributed by atoms with Gasteiger partial charge in [0.25, 0.3) is 0 Å². The molecule has 1 N–H and O–H groups in total. The number of hydrogen-bond donors (Lipinski definition) is 1. The Labute approximate surface area is 127 Å². The van der Waals surface area contributed by atoms with Crippen LogP contribution in [0.15, 0.2) is 46.2 Å². The van der Waals surface area contributed by atoms with E-state index in [2.05, 4.69) is 32.2 Å². The monoisotopic (exact) mass is 300 g/mol. The van der Waals surface area contributed by atoms with Crippen LogP contribution >= 0.6 is 11.8 Å². The molecule has 6 heteroatoms. The second-order valence-corrected chi connectivity index (χ2v) is 5.96. The van der Waals surface area contributed by atoms with Gasteiger partial charge < -0.3 is 9.51 Å². The Hall–Kier alpha value is -2.08. The van der Waals surface area contributed by atoms with E-state index < -0.39 is 0 Å². The van der Waals surface area contributed by atoms with Crippen LogP contribution in [0.4, 0.5) is 0 Å². The van der Waals surface area contributed by atoms with Crippen molar-refractivity contribution in [2.75, 3.05) is 0 Å². The number of nitrogens with one attached hydrogen (secondary N) is 1. The molecule has 2 aromatic heterocycles. The van der Waals surface area contributed by atoms with Crippen molar-refractivity contribution in [3.63, 3.8) is 0 Å². The number of aryl methyl sites for hydroxylation is 1. The molecule has 0 aliphatic rings. The summed E-state index contributed by atoms with van der Waals surface area (Å²) in [5.41, 5.74) is 2.13. The summed E-state index contributed by atoms with van der Waals surface area (Å²) in [6.45, 7) is 4.04. The van der Waals surface area contributed by atoms with Crippen LogP contribution < -0.4 is 0 Å². The van der Waals surface area contributed by atoms with Gasteiger partial charge in [-0.15, -0.1) is 0 Å². The number of benzene rings is 1. The summed E-state index contributed by atoms with van der Waals surface area (Å²) in [7, 11) is 0. The molecule has 1 aromatic carbocycles. The Morgan fingerprint density at radius 2 is 2.10 bits per heavy atom. The topological polar surface area (TPSA) is 67.6 Å². The molecule has 2 heterocycles. The Bertz CT molecular complexity index is 707. The number of hydrogen-bond acceptors (Lipinski definition) is 5. The Kier molecular flexibility index (Phi) is 4.06. The molecule has 0 spiro atoms. The van der Waals surface area contributed by atoms with Gasteiger partial charge in [-0.05, 0) is 12.5 Å². The zero-order valence-corrected chi connectivity index (χ0v) is 12.7. The first kappa shape index (κ1) is 13.9. The molecular formula is C15H16N4OS. The van der Waals surface area contributed by atoms with Gasteiger partial charge in [-0.2, -0.15) is 4.98 Å². The smallest absolute Gasteiger partial charge is 0.239 e. The predicted molar refractivity (Wildman–Crippen MR) is 82.0 cm³/mol. The fourth-order valence-corrected chi connectivity index (χ4v) is 2.74. The number of imidazole rings is 1. The first-order valence-corrected chi connectivity index (χ1v) is 7.73. The Balaban J connectivity index is 1.72. The molecule has 5 nitrogen and oxygen atoms in total. The van der Waals surface area contributed by atoms with E-state index in [9.17, 15) is 0 Å². The van der Waals surface area contributed by atoms with Crippen molar-refractivity contribution in [1.82, 2.24) is 20.1 Å². The molecule has 108 valence electrons. The van der Waals surface area contributed by atoms with Gasteiger partial charge in [-0.1, -0.05) is 54.2 Å². The summed E-state index contributed by atoms with van der Waals surface area (Å²) in [4.78, 5) is 12.1. The van der Waals surface area contributed by atoms with Gasteiger partial charge in [-0.25, -0.2) is 4.98 Å². The molecule has 0 saturated carbocycles. The van der Waals surface area contributed by atoms with Gasteiger partial charge >= 0.3 is 0 Å². The molecule has 1 atom stereocenters. The molecule has 0 amide bonds. The van der Waals surface area contributed by atoms with Gasteiger partial charge in [0.05, 0.1) is 17.1 Å². The lowest BCUT2D eigenvalue weighted by Gasteiger charge is -2.02. The lowest BCUT2D eigenvalue weighted by molar-refractivity contribution is 0.375. The normalized spacial score (nSPS) is 12.5. The van der Waals surface area contributed by atoms with Crippen LogP contribution in [-0.2, 0) is 6.42 Å². The van der Waals surface area contributed by atoms with Crippen molar-refractivity contribution in [3.05, 3.63) is 48.2 Å². The van der Waals surface area contributed by atoms with Gasteiger partial charge in [0.15, 0.2) is 11.0 Å². The van der Waals surface area contributed by atoms with Crippen molar-refractivity contribution >= 4 is 11.8 Å². The molecule has 0 radical (unpaired) electrons. The molecule has 0 bridgehead atoms. The van der Waals surface area contributed by atoms with Crippen LogP contribution in [0.2, 0.25) is 0 Å². The van der Waals surface area contributed by atoms with Crippen LogP contribution in [0.1, 0.15) is 30.8 Å². The minimum Gasteiger partial charge on any atom is -0.338 e. The van der Waals surface area contributed by atoms with Crippen LogP contribution in [-0.4, -0.2) is 20.1 Å². The van der Waals surface area contributed by atoms with E-state index in [1.807, 2.05) is 38.2 Å². The maximum absolute atomic E-state index is 5.26. The third-order valence-corrected chi connectivity index (χ3v) is 4.06. The molecule has 3 rings (SSSR count). The zero-order chi connectivity index (χ0) is 14.7. The predicted octanol–water partition coefficient (Wildman–Crippen LogP) is 3.88. The van der Waals surface area contributed by atoms with E-state index in [0.717, 1.165) is 28.7 Å². The van der Waals surface area contributed by atoms with Crippen molar-refractivity contribution in [1.29, 1.82) is 0 Å². The van der Waals surface area contributed by atoms with Crippen molar-refractivity contribution in [2.45, 2.75) is 30.7 Å². The lowest BCUT2D eigenvalue weighted by atomic mass is 10.2.